The third-order valence-corrected chi connectivity index (χ3v) is 5.22. The van der Waals surface area contributed by atoms with Crippen LogP contribution in [0.25, 0.3) is 0 Å². The number of hydrogen-bond donors (Lipinski definition) is 2. The molecule has 2 N–H and O–H groups in total. The Morgan fingerprint density at radius 2 is 2.00 bits per heavy atom. The minimum absolute atomic E-state index is 0.0720. The van der Waals surface area contributed by atoms with Crippen molar-refractivity contribution in [2.45, 2.75) is 30.6 Å². The van der Waals surface area contributed by atoms with Crippen molar-refractivity contribution in [3.63, 3.8) is 0 Å². The topological polar surface area (TPSA) is 84.0 Å². The molecule has 6 nitrogen and oxygen atoms in total. The van der Waals surface area contributed by atoms with Crippen LogP contribution < -0.4 is 10.0 Å². The van der Waals surface area contributed by atoms with Gasteiger partial charge in [-0.3, -0.25) is 0 Å². The van der Waals surface area contributed by atoms with Gasteiger partial charge in [-0.25, -0.2) is 23.1 Å². The Bertz CT molecular complexity index is 653. The number of sulfonamides is 1. The van der Waals surface area contributed by atoms with E-state index in [1.165, 1.54) is 23.7 Å². The third-order valence-electron chi connectivity index (χ3n) is 2.40. The van der Waals surface area contributed by atoms with Gasteiger partial charge in [0.05, 0.1) is 0 Å². The molecule has 0 fully saturated rings. The van der Waals surface area contributed by atoms with Crippen LogP contribution >= 0.6 is 11.3 Å². The van der Waals surface area contributed by atoms with Gasteiger partial charge < -0.3 is 5.32 Å². The number of nitrogens with one attached hydrogen (secondary N) is 2. The van der Waals surface area contributed by atoms with Crippen molar-refractivity contribution in [1.29, 1.82) is 0 Å². The third kappa shape index (κ3) is 3.99. The first-order valence-electron chi connectivity index (χ1n) is 6.08. The lowest BCUT2D eigenvalue weighted by molar-refractivity contribution is 0.589. The van der Waals surface area contributed by atoms with Gasteiger partial charge in [0.25, 0.3) is 10.0 Å². The monoisotopic (exact) mass is 312 g/mol. The molecule has 0 unspecified atom stereocenters. The first kappa shape index (κ1) is 14.9. The first-order valence-corrected chi connectivity index (χ1v) is 8.44. The average Bonchev–Trinajstić information content (AvgIpc) is 2.86. The van der Waals surface area contributed by atoms with Crippen molar-refractivity contribution in [3.8, 4) is 0 Å². The predicted molar refractivity (Wildman–Crippen MR) is 79.1 cm³/mol. The molecule has 0 aliphatic heterocycles. The molecule has 2 aromatic rings. The molecule has 0 atom stereocenters. The molecule has 0 aliphatic rings. The smallest absolute Gasteiger partial charge is 0.273 e. The molecule has 0 saturated heterocycles. The van der Waals surface area contributed by atoms with Crippen LogP contribution in [0.15, 0.2) is 34.1 Å². The van der Waals surface area contributed by atoms with E-state index in [-0.39, 0.29) is 10.2 Å². The molecule has 108 valence electrons. The van der Waals surface area contributed by atoms with Gasteiger partial charge in [0.15, 0.2) is 0 Å². The molecule has 0 radical (unpaired) electrons. The summed E-state index contributed by atoms with van der Waals surface area (Å²) in [4.78, 5) is 7.69. The average molecular weight is 312 g/mol. The van der Waals surface area contributed by atoms with Gasteiger partial charge in [0, 0.05) is 25.0 Å². The SMILES string of the molecule is CC(C)NCc1csc(S(=O)(=O)Nc2ncccn2)c1. The first-order chi connectivity index (χ1) is 9.47. The normalized spacial score (nSPS) is 11.8. The van der Waals surface area contributed by atoms with Gasteiger partial charge in [0.1, 0.15) is 4.21 Å². The Balaban J connectivity index is 2.10. The highest BCUT2D eigenvalue weighted by Gasteiger charge is 2.18. The fraction of sp³-hybridized carbons (Fsp3) is 0.333. The number of aromatic nitrogens is 2. The number of thiophene rings is 1. The Morgan fingerprint density at radius 3 is 2.65 bits per heavy atom. The van der Waals surface area contributed by atoms with Crippen LogP contribution in [-0.4, -0.2) is 24.4 Å². The highest BCUT2D eigenvalue weighted by Crippen LogP contribution is 2.22. The molecule has 2 aromatic heterocycles. The number of nitrogens with zero attached hydrogens (tertiary/aromatic N) is 2. The van der Waals surface area contributed by atoms with Crippen LogP contribution in [0.1, 0.15) is 19.4 Å². The summed E-state index contributed by atoms with van der Waals surface area (Å²) in [6.45, 7) is 4.72. The van der Waals surface area contributed by atoms with Crippen molar-refractivity contribution in [1.82, 2.24) is 15.3 Å². The Hall–Kier alpha value is -1.51. The molecule has 0 amide bonds. The maximum absolute atomic E-state index is 12.2. The summed E-state index contributed by atoms with van der Waals surface area (Å²) in [6, 6.07) is 3.63. The van der Waals surface area contributed by atoms with Gasteiger partial charge >= 0.3 is 0 Å². The fourth-order valence-corrected chi connectivity index (χ4v) is 3.60. The molecule has 2 rings (SSSR count). The summed E-state index contributed by atoms with van der Waals surface area (Å²) in [7, 11) is -3.62. The standard InChI is InChI=1S/C12H16N4O2S2/c1-9(2)15-7-10-6-11(19-8-10)20(17,18)16-12-13-4-3-5-14-12/h3-6,8-9,15H,7H2,1-2H3,(H,13,14,16). The Labute approximate surface area is 122 Å². The van der Waals surface area contributed by atoms with E-state index in [0.29, 0.717) is 12.6 Å². The van der Waals surface area contributed by atoms with Gasteiger partial charge in [-0.05, 0) is 23.1 Å². The van der Waals surface area contributed by atoms with Crippen molar-refractivity contribution in [3.05, 3.63) is 35.5 Å². The molecular formula is C12H16N4O2S2. The lowest BCUT2D eigenvalue weighted by Crippen LogP contribution is -2.21. The zero-order valence-corrected chi connectivity index (χ0v) is 12.8. The lowest BCUT2D eigenvalue weighted by Gasteiger charge is -2.05. The largest absolute Gasteiger partial charge is 0.310 e. The van der Waals surface area contributed by atoms with E-state index in [4.69, 9.17) is 0 Å². The van der Waals surface area contributed by atoms with Gasteiger partial charge in [0.2, 0.25) is 5.95 Å². The van der Waals surface area contributed by atoms with E-state index >= 15 is 0 Å². The second-order valence-electron chi connectivity index (χ2n) is 4.49. The van der Waals surface area contributed by atoms with Gasteiger partial charge in [-0.15, -0.1) is 11.3 Å². The van der Waals surface area contributed by atoms with E-state index in [0.717, 1.165) is 5.56 Å². The number of anilines is 1. The molecule has 0 bridgehead atoms. The van der Waals surface area contributed by atoms with E-state index < -0.39 is 10.0 Å². The van der Waals surface area contributed by atoms with Crippen molar-refractivity contribution < 1.29 is 8.42 Å². The highest BCUT2D eigenvalue weighted by atomic mass is 32.2. The molecule has 2 heterocycles. The molecule has 20 heavy (non-hydrogen) atoms. The van der Waals surface area contributed by atoms with Crippen LogP contribution in [0.2, 0.25) is 0 Å². The Morgan fingerprint density at radius 1 is 1.30 bits per heavy atom. The number of rotatable bonds is 6. The minimum atomic E-state index is -3.62. The second kappa shape index (κ2) is 6.29. The molecule has 0 saturated carbocycles. The molecule has 0 spiro atoms. The van der Waals surface area contributed by atoms with E-state index in [9.17, 15) is 8.42 Å². The summed E-state index contributed by atoms with van der Waals surface area (Å²) >= 11 is 1.18. The summed E-state index contributed by atoms with van der Waals surface area (Å²) in [5.41, 5.74) is 0.943. The van der Waals surface area contributed by atoms with Crippen LogP contribution in [0.3, 0.4) is 0 Å². The fourth-order valence-electron chi connectivity index (χ4n) is 1.43. The predicted octanol–water partition coefficient (Wildman–Crippen LogP) is 1.84. The summed E-state index contributed by atoms with van der Waals surface area (Å²) in [5.74, 6) is 0.0720. The Kier molecular flexibility index (Phi) is 4.69. The quantitative estimate of drug-likeness (QED) is 0.850. The summed E-state index contributed by atoms with van der Waals surface area (Å²) in [6.07, 6.45) is 2.97. The molecule has 0 aliphatic carbocycles. The van der Waals surface area contributed by atoms with Crippen molar-refractivity contribution >= 4 is 27.3 Å². The highest BCUT2D eigenvalue weighted by molar-refractivity contribution is 7.94. The molecule has 8 heteroatoms. The van der Waals surface area contributed by atoms with E-state index in [2.05, 4.69) is 20.0 Å². The second-order valence-corrected chi connectivity index (χ2v) is 7.31. The van der Waals surface area contributed by atoms with Crippen molar-refractivity contribution in [2.75, 3.05) is 4.72 Å². The van der Waals surface area contributed by atoms with Crippen LogP contribution in [0, 0.1) is 0 Å². The van der Waals surface area contributed by atoms with Crippen LogP contribution in [-0.2, 0) is 16.6 Å². The van der Waals surface area contributed by atoms with Crippen LogP contribution in [0.4, 0.5) is 5.95 Å². The lowest BCUT2D eigenvalue weighted by atomic mass is 10.3. The van der Waals surface area contributed by atoms with Gasteiger partial charge in [-0.2, -0.15) is 0 Å². The minimum Gasteiger partial charge on any atom is -0.310 e. The van der Waals surface area contributed by atoms with Gasteiger partial charge in [-0.1, -0.05) is 13.8 Å². The maximum atomic E-state index is 12.2. The zero-order chi connectivity index (χ0) is 14.6. The number of hydrogen-bond acceptors (Lipinski definition) is 6. The summed E-state index contributed by atoms with van der Waals surface area (Å²) in [5, 5.41) is 5.07. The molecular weight excluding hydrogens is 296 g/mol. The van der Waals surface area contributed by atoms with E-state index in [1.54, 1.807) is 12.1 Å². The maximum Gasteiger partial charge on any atom is 0.273 e. The van der Waals surface area contributed by atoms with Crippen molar-refractivity contribution in [2.24, 2.45) is 0 Å². The van der Waals surface area contributed by atoms with E-state index in [1.807, 2.05) is 19.2 Å². The summed E-state index contributed by atoms with van der Waals surface area (Å²) < 4.78 is 26.9. The molecule has 0 aromatic carbocycles. The van der Waals surface area contributed by atoms with Crippen LogP contribution in [0.5, 0.6) is 0 Å². The zero-order valence-electron chi connectivity index (χ0n) is 11.2.